The number of rotatable bonds is 5. The number of aliphatic imine (C=N–C) groups is 1. The SMILES string of the molecule is CCNC(=O)C#Cc1ccc2c(C(=Nc3ccc(CN)cc3)c3ccccc3)c(O)[nH]c2c1. The number of nitrogens with zero attached hydrogens (tertiary/aromatic N) is 1. The van der Waals surface area contributed by atoms with Gasteiger partial charge in [0.05, 0.1) is 22.5 Å². The summed E-state index contributed by atoms with van der Waals surface area (Å²) in [6.45, 7) is 2.83. The van der Waals surface area contributed by atoms with E-state index in [2.05, 4.69) is 22.1 Å². The van der Waals surface area contributed by atoms with Crippen molar-refractivity contribution in [1.29, 1.82) is 0 Å². The Kier molecular flexibility index (Phi) is 6.53. The minimum absolute atomic E-state index is 0.0139. The maximum atomic E-state index is 11.6. The van der Waals surface area contributed by atoms with Crippen LogP contribution in [-0.4, -0.2) is 28.3 Å². The highest BCUT2D eigenvalue weighted by Crippen LogP contribution is 2.32. The zero-order valence-corrected chi connectivity index (χ0v) is 18.2. The first-order valence-corrected chi connectivity index (χ1v) is 10.7. The minimum Gasteiger partial charge on any atom is -0.494 e. The molecule has 0 saturated carbocycles. The molecule has 0 aliphatic heterocycles. The Morgan fingerprint density at radius 1 is 1.09 bits per heavy atom. The van der Waals surface area contributed by atoms with Crippen molar-refractivity contribution in [2.75, 3.05) is 6.54 Å². The molecule has 0 aliphatic rings. The molecule has 4 rings (SSSR count). The molecule has 6 heteroatoms. The Labute approximate surface area is 192 Å². The zero-order valence-electron chi connectivity index (χ0n) is 18.2. The maximum absolute atomic E-state index is 11.6. The summed E-state index contributed by atoms with van der Waals surface area (Å²) in [5.74, 6) is 5.11. The van der Waals surface area contributed by atoms with Crippen LogP contribution in [0.2, 0.25) is 0 Å². The van der Waals surface area contributed by atoms with Crippen LogP contribution in [0.15, 0.2) is 77.8 Å². The molecule has 0 fully saturated rings. The number of H-pyrrole nitrogens is 1. The molecule has 4 aromatic rings. The molecular formula is C27H24N4O2. The number of aromatic nitrogens is 1. The number of aromatic hydroxyl groups is 1. The first-order chi connectivity index (χ1) is 16.1. The maximum Gasteiger partial charge on any atom is 0.296 e. The van der Waals surface area contributed by atoms with Crippen molar-refractivity contribution in [3.05, 3.63) is 95.1 Å². The van der Waals surface area contributed by atoms with Crippen molar-refractivity contribution >= 4 is 28.2 Å². The van der Waals surface area contributed by atoms with Gasteiger partial charge in [-0.15, -0.1) is 0 Å². The lowest BCUT2D eigenvalue weighted by Crippen LogP contribution is -2.20. The second kappa shape index (κ2) is 9.86. The molecule has 164 valence electrons. The third kappa shape index (κ3) is 4.95. The number of amides is 1. The monoisotopic (exact) mass is 436 g/mol. The van der Waals surface area contributed by atoms with E-state index in [1.807, 2.05) is 79.7 Å². The first-order valence-electron chi connectivity index (χ1n) is 10.7. The highest BCUT2D eigenvalue weighted by Gasteiger charge is 2.18. The van der Waals surface area contributed by atoms with Crippen LogP contribution in [0.1, 0.15) is 29.2 Å². The van der Waals surface area contributed by atoms with Crippen molar-refractivity contribution < 1.29 is 9.90 Å². The highest BCUT2D eigenvalue weighted by molar-refractivity contribution is 6.22. The standard InChI is InChI=1S/C27H24N4O2/c1-2-29-24(32)15-11-18-10-14-22-23(16-18)31-27(33)25(22)26(20-6-4-3-5-7-20)30-21-12-8-19(17-28)9-13-21/h3-10,12-14,16,31,33H,2,17,28H2,1H3,(H,29,32). The second-order valence-electron chi connectivity index (χ2n) is 7.42. The topological polar surface area (TPSA) is 104 Å². The van der Waals surface area contributed by atoms with Gasteiger partial charge in [-0.2, -0.15) is 0 Å². The molecule has 0 saturated heterocycles. The summed E-state index contributed by atoms with van der Waals surface area (Å²) in [5.41, 5.74) is 11.0. The predicted octanol–water partition coefficient (Wildman–Crippen LogP) is 3.99. The number of carbonyl (C=O) groups excluding carboxylic acids is 1. The average molecular weight is 437 g/mol. The Morgan fingerprint density at radius 2 is 1.85 bits per heavy atom. The normalized spacial score (nSPS) is 11.2. The summed E-state index contributed by atoms with van der Waals surface area (Å²) < 4.78 is 0. The minimum atomic E-state index is -0.327. The Bertz CT molecular complexity index is 1370. The van der Waals surface area contributed by atoms with Crippen LogP contribution in [-0.2, 0) is 11.3 Å². The average Bonchev–Trinajstić information content (AvgIpc) is 3.17. The van der Waals surface area contributed by atoms with E-state index in [4.69, 9.17) is 10.7 Å². The third-order valence-electron chi connectivity index (χ3n) is 5.13. The van der Waals surface area contributed by atoms with Gasteiger partial charge < -0.3 is 21.1 Å². The molecule has 0 radical (unpaired) electrons. The first kappa shape index (κ1) is 21.9. The van der Waals surface area contributed by atoms with Crippen molar-refractivity contribution in [2.45, 2.75) is 13.5 Å². The number of hydrogen-bond donors (Lipinski definition) is 4. The van der Waals surface area contributed by atoms with Crippen LogP contribution in [0.3, 0.4) is 0 Å². The van der Waals surface area contributed by atoms with E-state index < -0.39 is 0 Å². The van der Waals surface area contributed by atoms with Gasteiger partial charge in [0.25, 0.3) is 5.91 Å². The second-order valence-corrected chi connectivity index (χ2v) is 7.42. The Hall–Kier alpha value is -4.34. The fraction of sp³-hybridized carbons (Fsp3) is 0.111. The highest BCUT2D eigenvalue weighted by atomic mass is 16.3. The summed E-state index contributed by atoms with van der Waals surface area (Å²) in [6, 6.07) is 22.9. The number of carbonyl (C=O) groups is 1. The van der Waals surface area contributed by atoms with Crippen LogP contribution in [0, 0.1) is 11.8 Å². The van der Waals surface area contributed by atoms with E-state index in [0.29, 0.717) is 35.4 Å². The van der Waals surface area contributed by atoms with E-state index >= 15 is 0 Å². The van der Waals surface area contributed by atoms with Gasteiger partial charge >= 0.3 is 0 Å². The van der Waals surface area contributed by atoms with Gasteiger partial charge in [0.2, 0.25) is 0 Å². The third-order valence-corrected chi connectivity index (χ3v) is 5.13. The summed E-state index contributed by atoms with van der Waals surface area (Å²) >= 11 is 0. The van der Waals surface area contributed by atoms with E-state index in [1.54, 1.807) is 0 Å². The van der Waals surface area contributed by atoms with Gasteiger partial charge in [0.1, 0.15) is 0 Å². The molecule has 1 amide bonds. The molecule has 6 nitrogen and oxygen atoms in total. The molecule has 0 spiro atoms. The van der Waals surface area contributed by atoms with Crippen molar-refractivity contribution in [3.8, 4) is 17.7 Å². The predicted molar refractivity (Wildman–Crippen MR) is 132 cm³/mol. The fourth-order valence-electron chi connectivity index (χ4n) is 3.53. The van der Waals surface area contributed by atoms with Gasteiger partial charge in [-0.3, -0.25) is 4.79 Å². The summed E-state index contributed by atoms with van der Waals surface area (Å²) in [6.07, 6.45) is 0. The lowest BCUT2D eigenvalue weighted by atomic mass is 10.00. The summed E-state index contributed by atoms with van der Waals surface area (Å²) in [4.78, 5) is 19.5. The molecule has 0 unspecified atom stereocenters. The van der Waals surface area contributed by atoms with Gasteiger partial charge in [0, 0.05) is 35.5 Å². The molecule has 0 bridgehead atoms. The van der Waals surface area contributed by atoms with Crippen LogP contribution < -0.4 is 11.1 Å². The number of aromatic amines is 1. The summed E-state index contributed by atoms with van der Waals surface area (Å²) in [7, 11) is 0. The van der Waals surface area contributed by atoms with Crippen molar-refractivity contribution in [1.82, 2.24) is 10.3 Å². The van der Waals surface area contributed by atoms with Gasteiger partial charge in [0.15, 0.2) is 5.88 Å². The lowest BCUT2D eigenvalue weighted by Gasteiger charge is -2.08. The molecular weight excluding hydrogens is 412 g/mol. The largest absolute Gasteiger partial charge is 0.494 e. The van der Waals surface area contributed by atoms with Crippen molar-refractivity contribution in [3.63, 3.8) is 0 Å². The molecule has 5 N–H and O–H groups in total. The van der Waals surface area contributed by atoms with E-state index in [-0.39, 0.29) is 11.8 Å². The zero-order chi connectivity index (χ0) is 23.2. The summed E-state index contributed by atoms with van der Waals surface area (Å²) in [5, 5.41) is 14.3. The number of nitrogens with one attached hydrogen (secondary N) is 2. The number of hydrogen-bond acceptors (Lipinski definition) is 4. The van der Waals surface area contributed by atoms with Crippen LogP contribution in [0.5, 0.6) is 5.88 Å². The molecule has 1 aromatic heterocycles. The van der Waals surface area contributed by atoms with Gasteiger partial charge in [-0.1, -0.05) is 54.5 Å². The molecule has 0 atom stereocenters. The molecule has 1 heterocycles. The van der Waals surface area contributed by atoms with Crippen LogP contribution >= 0.6 is 0 Å². The molecule has 33 heavy (non-hydrogen) atoms. The smallest absolute Gasteiger partial charge is 0.296 e. The van der Waals surface area contributed by atoms with E-state index in [1.165, 1.54) is 0 Å². The Morgan fingerprint density at radius 3 is 2.55 bits per heavy atom. The number of fused-ring (bicyclic) bond motifs is 1. The van der Waals surface area contributed by atoms with Gasteiger partial charge in [-0.25, -0.2) is 4.99 Å². The number of benzene rings is 3. The Balaban J connectivity index is 1.82. The quantitative estimate of drug-likeness (QED) is 0.281. The van der Waals surface area contributed by atoms with Crippen LogP contribution in [0.25, 0.3) is 10.9 Å². The number of nitrogens with two attached hydrogens (primary N) is 1. The molecule has 3 aromatic carbocycles. The molecule has 0 aliphatic carbocycles. The lowest BCUT2D eigenvalue weighted by molar-refractivity contribution is -0.115. The van der Waals surface area contributed by atoms with Crippen LogP contribution in [0.4, 0.5) is 5.69 Å². The van der Waals surface area contributed by atoms with Crippen molar-refractivity contribution in [2.24, 2.45) is 10.7 Å². The van der Waals surface area contributed by atoms with E-state index in [0.717, 1.165) is 22.2 Å². The fourth-order valence-corrected chi connectivity index (χ4v) is 3.53. The van der Waals surface area contributed by atoms with E-state index in [9.17, 15) is 9.90 Å². The van der Waals surface area contributed by atoms with Gasteiger partial charge in [-0.05, 0) is 36.8 Å².